The zero-order valence-corrected chi connectivity index (χ0v) is 15.1. The van der Waals surface area contributed by atoms with E-state index in [0.717, 1.165) is 4.88 Å². The first-order valence-electron chi connectivity index (χ1n) is 8.16. The Bertz CT molecular complexity index is 906. The van der Waals surface area contributed by atoms with E-state index in [4.69, 9.17) is 0 Å². The zero-order valence-electron chi connectivity index (χ0n) is 14.3. The van der Waals surface area contributed by atoms with Crippen LogP contribution < -0.4 is 16.0 Å². The molecule has 0 fully saturated rings. The van der Waals surface area contributed by atoms with Gasteiger partial charge in [0.05, 0.1) is 6.54 Å². The van der Waals surface area contributed by atoms with Crippen molar-refractivity contribution in [2.45, 2.75) is 13.5 Å². The number of urea groups is 1. The molecule has 0 atom stereocenters. The zero-order chi connectivity index (χ0) is 18.4. The van der Waals surface area contributed by atoms with E-state index in [1.807, 2.05) is 36.6 Å². The summed E-state index contributed by atoms with van der Waals surface area (Å²) in [5, 5.41) is 10.4. The molecule has 1 aromatic heterocycles. The fourth-order valence-corrected chi connectivity index (χ4v) is 3.23. The molecule has 0 radical (unpaired) electrons. The number of benzene rings is 2. The summed E-state index contributed by atoms with van der Waals surface area (Å²) < 4.78 is 0. The van der Waals surface area contributed by atoms with Crippen LogP contribution in [0.3, 0.4) is 0 Å². The first kappa shape index (κ1) is 17.7. The van der Waals surface area contributed by atoms with Crippen molar-refractivity contribution >= 4 is 34.6 Å². The van der Waals surface area contributed by atoms with E-state index in [0.29, 0.717) is 23.5 Å². The van der Waals surface area contributed by atoms with Crippen molar-refractivity contribution in [1.29, 1.82) is 0 Å². The number of rotatable bonds is 5. The summed E-state index contributed by atoms with van der Waals surface area (Å²) in [4.78, 5) is 25.4. The van der Waals surface area contributed by atoms with Crippen LogP contribution in [-0.2, 0) is 6.54 Å². The van der Waals surface area contributed by atoms with Gasteiger partial charge in [0.25, 0.3) is 5.91 Å². The van der Waals surface area contributed by atoms with Gasteiger partial charge in [-0.15, -0.1) is 11.3 Å². The van der Waals surface area contributed by atoms with Crippen LogP contribution in [0.15, 0.2) is 66.0 Å². The van der Waals surface area contributed by atoms with Gasteiger partial charge in [0, 0.05) is 21.8 Å². The van der Waals surface area contributed by atoms with Crippen LogP contribution in [0.1, 0.15) is 20.8 Å². The van der Waals surface area contributed by atoms with Crippen molar-refractivity contribution in [3.8, 4) is 0 Å². The van der Waals surface area contributed by atoms with Gasteiger partial charge in [0.1, 0.15) is 0 Å². The number of thiophene rings is 1. The summed E-state index contributed by atoms with van der Waals surface area (Å²) in [5.41, 5.74) is 2.97. The van der Waals surface area contributed by atoms with Crippen LogP contribution in [0, 0.1) is 6.92 Å². The number of amides is 3. The highest BCUT2D eigenvalue weighted by molar-refractivity contribution is 7.10. The molecule has 0 saturated carbocycles. The second-order valence-corrected chi connectivity index (χ2v) is 6.74. The van der Waals surface area contributed by atoms with Crippen molar-refractivity contribution in [2.24, 2.45) is 0 Å². The number of carbonyl (C=O) groups is 2. The molecule has 2 aromatic carbocycles. The Morgan fingerprint density at radius 3 is 2.35 bits per heavy atom. The molecule has 26 heavy (non-hydrogen) atoms. The smallest absolute Gasteiger partial charge is 0.319 e. The standard InChI is InChI=1S/C20H19N3O2S/c1-14-10-11-26-18(14)13-21-20(25)23-17-9-5-8-16(12-17)22-19(24)15-6-3-2-4-7-15/h2-12H,13H2,1H3,(H,22,24)(H2,21,23,25). The Balaban J connectivity index is 1.57. The third-order valence-corrected chi connectivity index (χ3v) is 4.81. The lowest BCUT2D eigenvalue weighted by Gasteiger charge is -2.10. The van der Waals surface area contributed by atoms with Gasteiger partial charge in [-0.3, -0.25) is 4.79 Å². The molecule has 0 saturated heterocycles. The first-order valence-corrected chi connectivity index (χ1v) is 9.04. The molecule has 5 nitrogen and oxygen atoms in total. The van der Waals surface area contributed by atoms with E-state index in [1.165, 1.54) is 5.56 Å². The van der Waals surface area contributed by atoms with Gasteiger partial charge in [-0.25, -0.2) is 4.79 Å². The summed E-state index contributed by atoms with van der Waals surface area (Å²) in [6.07, 6.45) is 0. The van der Waals surface area contributed by atoms with Crippen LogP contribution in [0.5, 0.6) is 0 Å². The van der Waals surface area contributed by atoms with Gasteiger partial charge in [0.2, 0.25) is 0 Å². The summed E-state index contributed by atoms with van der Waals surface area (Å²) in [6, 6.07) is 17.8. The second-order valence-electron chi connectivity index (χ2n) is 5.74. The molecule has 0 bridgehead atoms. The number of nitrogens with one attached hydrogen (secondary N) is 3. The molecule has 3 aromatic rings. The predicted molar refractivity (Wildman–Crippen MR) is 106 cm³/mol. The summed E-state index contributed by atoms with van der Waals surface area (Å²) >= 11 is 1.62. The molecule has 6 heteroatoms. The molecule has 0 aliphatic rings. The molecule has 3 rings (SSSR count). The molecular weight excluding hydrogens is 346 g/mol. The van der Waals surface area contributed by atoms with Crippen LogP contribution in [0.2, 0.25) is 0 Å². The number of hydrogen-bond acceptors (Lipinski definition) is 3. The minimum Gasteiger partial charge on any atom is -0.333 e. The number of aryl methyl sites for hydroxylation is 1. The lowest BCUT2D eigenvalue weighted by molar-refractivity contribution is 0.102. The molecular formula is C20H19N3O2S. The predicted octanol–water partition coefficient (Wildman–Crippen LogP) is 4.63. The summed E-state index contributed by atoms with van der Waals surface area (Å²) in [7, 11) is 0. The maximum atomic E-state index is 12.2. The highest BCUT2D eigenvalue weighted by Crippen LogP contribution is 2.17. The van der Waals surface area contributed by atoms with Crippen molar-refractivity contribution in [1.82, 2.24) is 5.32 Å². The maximum absolute atomic E-state index is 12.2. The van der Waals surface area contributed by atoms with Crippen LogP contribution >= 0.6 is 11.3 Å². The van der Waals surface area contributed by atoms with E-state index in [2.05, 4.69) is 16.0 Å². The summed E-state index contributed by atoms with van der Waals surface area (Å²) in [6.45, 7) is 2.50. The van der Waals surface area contributed by atoms with E-state index in [9.17, 15) is 9.59 Å². The van der Waals surface area contributed by atoms with Crippen molar-refractivity contribution in [3.63, 3.8) is 0 Å². The number of anilines is 2. The van der Waals surface area contributed by atoms with Crippen LogP contribution in [0.25, 0.3) is 0 Å². The number of carbonyl (C=O) groups excluding carboxylic acids is 2. The molecule has 0 aliphatic heterocycles. The van der Waals surface area contributed by atoms with E-state index in [1.54, 1.807) is 47.7 Å². The third kappa shape index (κ3) is 4.70. The quantitative estimate of drug-likeness (QED) is 0.617. The van der Waals surface area contributed by atoms with Crippen molar-refractivity contribution in [3.05, 3.63) is 82.0 Å². The minimum absolute atomic E-state index is 0.194. The fraction of sp³-hybridized carbons (Fsp3) is 0.100. The SMILES string of the molecule is Cc1ccsc1CNC(=O)Nc1cccc(NC(=O)c2ccccc2)c1. The molecule has 0 spiro atoms. The molecule has 3 N–H and O–H groups in total. The molecule has 1 heterocycles. The molecule has 0 aliphatic carbocycles. The molecule has 3 amide bonds. The van der Waals surface area contributed by atoms with E-state index < -0.39 is 0 Å². The van der Waals surface area contributed by atoms with Gasteiger partial charge in [0.15, 0.2) is 0 Å². The van der Waals surface area contributed by atoms with Crippen LogP contribution in [-0.4, -0.2) is 11.9 Å². The Labute approximate surface area is 156 Å². The highest BCUT2D eigenvalue weighted by atomic mass is 32.1. The van der Waals surface area contributed by atoms with E-state index in [-0.39, 0.29) is 11.9 Å². The monoisotopic (exact) mass is 365 g/mol. The summed E-state index contributed by atoms with van der Waals surface area (Å²) in [5.74, 6) is -0.194. The number of hydrogen-bond donors (Lipinski definition) is 3. The Hall–Kier alpha value is -3.12. The Morgan fingerprint density at radius 1 is 0.923 bits per heavy atom. The molecule has 0 unspecified atom stereocenters. The molecule has 132 valence electrons. The highest BCUT2D eigenvalue weighted by Gasteiger charge is 2.07. The first-order chi connectivity index (χ1) is 12.6. The van der Waals surface area contributed by atoms with Gasteiger partial charge in [-0.1, -0.05) is 24.3 Å². The van der Waals surface area contributed by atoms with Gasteiger partial charge in [-0.2, -0.15) is 0 Å². The topological polar surface area (TPSA) is 70.2 Å². The van der Waals surface area contributed by atoms with Crippen molar-refractivity contribution < 1.29 is 9.59 Å². The van der Waals surface area contributed by atoms with Crippen LogP contribution in [0.4, 0.5) is 16.2 Å². The van der Waals surface area contributed by atoms with Gasteiger partial charge in [-0.05, 0) is 54.3 Å². The Morgan fingerprint density at radius 2 is 1.65 bits per heavy atom. The maximum Gasteiger partial charge on any atom is 0.319 e. The average molecular weight is 365 g/mol. The lowest BCUT2D eigenvalue weighted by Crippen LogP contribution is -2.28. The van der Waals surface area contributed by atoms with Gasteiger partial charge < -0.3 is 16.0 Å². The average Bonchev–Trinajstić information content (AvgIpc) is 3.06. The third-order valence-electron chi connectivity index (χ3n) is 3.79. The largest absolute Gasteiger partial charge is 0.333 e. The van der Waals surface area contributed by atoms with Crippen molar-refractivity contribution in [2.75, 3.05) is 10.6 Å². The Kier molecular flexibility index (Phi) is 5.66. The minimum atomic E-state index is -0.288. The normalized spacial score (nSPS) is 10.2. The lowest BCUT2D eigenvalue weighted by atomic mass is 10.2. The van der Waals surface area contributed by atoms with E-state index >= 15 is 0 Å². The fourth-order valence-electron chi connectivity index (χ4n) is 2.39. The second kappa shape index (κ2) is 8.31. The van der Waals surface area contributed by atoms with Gasteiger partial charge >= 0.3 is 6.03 Å².